The van der Waals surface area contributed by atoms with Gasteiger partial charge in [0.1, 0.15) is 0 Å². The quantitative estimate of drug-likeness (QED) is 0.156. The third-order valence-electron chi connectivity index (χ3n) is 14.7. The fourth-order valence-electron chi connectivity index (χ4n) is 10.8. The molecule has 0 aliphatic rings. The van der Waals surface area contributed by atoms with E-state index in [2.05, 4.69) is 212 Å². The van der Waals surface area contributed by atoms with Gasteiger partial charge in [0.2, 0.25) is 0 Å². The first kappa shape index (κ1) is 68.5. The molecular weight excluding hydrogens is 1240 g/mol. The van der Waals surface area contributed by atoms with Crippen LogP contribution in [0.5, 0.6) is 0 Å². The molecule has 83 heavy (non-hydrogen) atoms. The molecule has 0 amide bonds. The topological polar surface area (TPSA) is 0 Å². The molecule has 12 heterocycles. The second-order valence-corrected chi connectivity index (χ2v) is 39.6. The van der Waals surface area contributed by atoms with Crippen LogP contribution in [0.1, 0.15) is 199 Å². The Hall–Kier alpha value is -2.04. The Labute approximate surface area is 548 Å². The van der Waals surface area contributed by atoms with Gasteiger partial charge in [0.15, 0.2) is 0 Å². The number of thiophene rings is 12. The van der Waals surface area contributed by atoms with Crippen LogP contribution in [0.25, 0.3) is 56.4 Å². The van der Waals surface area contributed by atoms with Gasteiger partial charge in [-0.25, -0.2) is 0 Å². The summed E-state index contributed by atoms with van der Waals surface area (Å²) < 4.78 is 18.2. The number of rotatable bonds is 6. The summed E-state index contributed by atoms with van der Waals surface area (Å²) >= 11 is 23.2. The lowest BCUT2D eigenvalue weighted by Gasteiger charge is -2.18. The van der Waals surface area contributed by atoms with E-state index in [-0.39, 0.29) is 5.41 Å². The molecule has 12 aromatic rings. The molecule has 0 fully saturated rings. The average molecular weight is 1330 g/mol. The molecule has 0 atom stereocenters. The molecule has 0 unspecified atom stereocenters. The first-order valence-electron chi connectivity index (χ1n) is 29.4. The number of aryl methyl sites for hydroxylation is 13. The zero-order valence-electron chi connectivity index (χ0n) is 54.8. The Bertz CT molecular complexity index is 3980. The predicted octanol–water partition coefficient (Wildman–Crippen LogP) is 28.8. The molecule has 0 spiro atoms. The molecule has 12 aromatic heterocycles. The van der Waals surface area contributed by atoms with Crippen LogP contribution in [-0.2, 0) is 31.1 Å². The van der Waals surface area contributed by atoms with E-state index in [1.165, 1.54) is 140 Å². The highest BCUT2D eigenvalue weighted by Gasteiger charge is 2.24. The fourth-order valence-corrected chi connectivity index (χ4v) is 26.7. The SMILES string of the molecule is CCc1c(C)sc2c(C)csc12.Cc1sc2c(C)csc2c1C(C)(C)C.Cc1sc2c(C)csc2c1C(C)C.Cc1sc2c(C)csc2c1CC(C)(C)C.Cc1sc2c(C)csc2c1CC(C)(C)C.Cc1sc2c(C)csc2c1CC(C)C. The van der Waals surface area contributed by atoms with Gasteiger partial charge in [0.05, 0.1) is 0 Å². The van der Waals surface area contributed by atoms with Crippen LogP contribution in [0.15, 0.2) is 32.3 Å². The van der Waals surface area contributed by atoms with Gasteiger partial charge < -0.3 is 0 Å². The summed E-state index contributed by atoms with van der Waals surface area (Å²) in [6.45, 7) is 59.0. The van der Waals surface area contributed by atoms with Crippen molar-refractivity contribution >= 4 is 192 Å². The number of hydrogen-bond donors (Lipinski definition) is 0. The first-order valence-corrected chi connectivity index (χ1v) is 39.6. The molecule has 0 aromatic carbocycles. The summed E-state index contributed by atoms with van der Waals surface area (Å²) in [5.74, 6) is 1.42. The maximum absolute atomic E-state index is 2.32. The van der Waals surface area contributed by atoms with Crippen LogP contribution in [0.3, 0.4) is 0 Å². The summed E-state index contributed by atoms with van der Waals surface area (Å²) in [6.07, 6.45) is 4.79. The summed E-state index contributed by atoms with van der Waals surface area (Å²) in [5, 5.41) is 13.7. The van der Waals surface area contributed by atoms with Crippen LogP contribution in [0.2, 0.25) is 0 Å². The maximum atomic E-state index is 2.32. The molecule has 0 aliphatic carbocycles. The third kappa shape index (κ3) is 16.1. The van der Waals surface area contributed by atoms with Gasteiger partial charge in [0, 0.05) is 85.7 Å². The molecule has 0 aliphatic heterocycles. The van der Waals surface area contributed by atoms with Crippen LogP contribution in [-0.4, -0.2) is 0 Å². The minimum Gasteiger partial charge on any atom is -0.142 e. The zero-order chi connectivity index (χ0) is 61.5. The highest BCUT2D eigenvalue weighted by Crippen LogP contribution is 2.46. The standard InChI is InChI=1S/2C13H18S2.2C12H16S2.C11H14S2.C10H12S2/c2*1-8-7-14-12-10(6-13(3,4)5)9(2)15-11(8)12;1-7-6-13-11-9(12(3,4)5)8(2)14-10(7)11;1-7(2)5-10-9(4)14-11-8(3)6-13-12(10)11;1-6(2)9-8(4)13-10-7(3)5-12-11(9)10;1-4-8-7(3)12-9-6(2)5-11-10(8)9/h2*7H,6H2,1-5H3;6H,1-5H3;6-7H,5H2,1-4H3;5-6H,1-4H3;5H,4H2,1-3H3. The molecule has 0 nitrogen and oxygen atoms in total. The molecule has 0 saturated heterocycles. The van der Waals surface area contributed by atoms with Crippen molar-refractivity contribution < 1.29 is 0 Å². The van der Waals surface area contributed by atoms with Crippen LogP contribution >= 0.6 is 136 Å². The van der Waals surface area contributed by atoms with E-state index in [4.69, 9.17) is 0 Å². The van der Waals surface area contributed by atoms with Gasteiger partial charge in [-0.2, -0.15) is 0 Å². The van der Waals surface area contributed by atoms with E-state index in [0.29, 0.717) is 16.7 Å². The van der Waals surface area contributed by atoms with E-state index in [9.17, 15) is 0 Å². The summed E-state index contributed by atoms with van der Waals surface area (Å²) in [7, 11) is 0. The molecule has 0 radical (unpaired) electrons. The van der Waals surface area contributed by atoms with E-state index in [1.54, 1.807) is 38.1 Å². The average Bonchev–Trinajstić information content (AvgIpc) is 4.34. The number of fused-ring (bicyclic) bond motifs is 6. The van der Waals surface area contributed by atoms with Crippen molar-refractivity contribution in [1.82, 2.24) is 0 Å². The van der Waals surface area contributed by atoms with Crippen molar-refractivity contribution in [3.8, 4) is 0 Å². The minimum atomic E-state index is 0.277. The van der Waals surface area contributed by atoms with Gasteiger partial charge in [-0.1, -0.05) is 96.9 Å². The minimum absolute atomic E-state index is 0.277. The van der Waals surface area contributed by atoms with Crippen molar-refractivity contribution in [2.45, 2.75) is 217 Å². The molecule has 12 rings (SSSR count). The van der Waals surface area contributed by atoms with Crippen molar-refractivity contribution in [2.75, 3.05) is 0 Å². The van der Waals surface area contributed by atoms with Crippen molar-refractivity contribution in [3.63, 3.8) is 0 Å². The largest absolute Gasteiger partial charge is 0.142 e. The third-order valence-corrected chi connectivity index (χ3v) is 30.0. The fraction of sp³-hybridized carbons (Fsp3) is 0.493. The van der Waals surface area contributed by atoms with Crippen LogP contribution in [0, 0.1) is 99.8 Å². The zero-order valence-corrected chi connectivity index (χ0v) is 64.6. The van der Waals surface area contributed by atoms with E-state index >= 15 is 0 Å². The van der Waals surface area contributed by atoms with Crippen molar-refractivity contribution in [1.29, 1.82) is 0 Å². The molecule has 0 bridgehead atoms. The van der Waals surface area contributed by atoms with Gasteiger partial charge in [0.25, 0.3) is 0 Å². The summed E-state index contributed by atoms with van der Waals surface area (Å²) in [4.78, 5) is 9.03. The van der Waals surface area contributed by atoms with E-state index < -0.39 is 0 Å². The lowest BCUT2D eigenvalue weighted by molar-refractivity contribution is 0.412. The van der Waals surface area contributed by atoms with Gasteiger partial charge in [-0.15, -0.1) is 136 Å². The monoisotopic (exact) mass is 1330 g/mol. The second-order valence-electron chi connectivity index (χ2n) is 26.9. The molecule has 0 saturated carbocycles. The Morgan fingerprint density at radius 3 is 0.940 bits per heavy atom. The lowest BCUT2D eigenvalue weighted by atomic mass is 9.87. The molecule has 0 N–H and O–H groups in total. The van der Waals surface area contributed by atoms with Crippen LogP contribution < -0.4 is 0 Å². The Balaban J connectivity index is 0.000000143. The number of hydrogen-bond acceptors (Lipinski definition) is 12. The van der Waals surface area contributed by atoms with Crippen molar-refractivity contribution in [3.05, 3.63) is 128 Å². The Kier molecular flexibility index (Phi) is 22.9. The highest BCUT2D eigenvalue weighted by molar-refractivity contribution is 7.30. The van der Waals surface area contributed by atoms with Gasteiger partial charge >= 0.3 is 0 Å². The summed E-state index contributed by atoms with van der Waals surface area (Å²) in [5.41, 5.74) is 19.2. The van der Waals surface area contributed by atoms with Crippen molar-refractivity contribution in [2.24, 2.45) is 16.7 Å². The van der Waals surface area contributed by atoms with E-state index in [1.807, 2.05) is 136 Å². The Morgan fingerprint density at radius 2 is 0.602 bits per heavy atom. The molecular formula is C71H94S12. The summed E-state index contributed by atoms with van der Waals surface area (Å²) in [6, 6.07) is 0. The van der Waals surface area contributed by atoms with Gasteiger partial charge in [-0.05, 0) is 236 Å². The molecule has 12 heteroatoms. The second kappa shape index (κ2) is 27.8. The normalized spacial score (nSPS) is 12.1. The van der Waals surface area contributed by atoms with Crippen LogP contribution in [0.4, 0.5) is 0 Å². The highest BCUT2D eigenvalue weighted by atomic mass is 32.1. The first-order chi connectivity index (χ1) is 38.6. The smallest absolute Gasteiger partial charge is 0.0493 e. The maximum Gasteiger partial charge on any atom is 0.0493 e. The van der Waals surface area contributed by atoms with E-state index in [0.717, 1.165) is 5.92 Å². The Morgan fingerprint density at radius 1 is 0.325 bits per heavy atom. The molecule has 450 valence electrons. The lowest BCUT2D eigenvalue weighted by Crippen LogP contribution is -2.11. The van der Waals surface area contributed by atoms with Gasteiger partial charge in [-0.3, -0.25) is 0 Å². The predicted molar refractivity (Wildman–Crippen MR) is 402 cm³/mol.